The Balaban J connectivity index is 2.07. The standard InChI is InChI=1S/C12H17ClN2O/c1-10(16)15-9-8-14-7-6-11-2-4-12(13)5-3-11/h2-5,14H,6-9H2,1H3,(H,15,16). The minimum Gasteiger partial charge on any atom is -0.355 e. The Kier molecular flexibility index (Phi) is 5.90. The molecule has 3 nitrogen and oxygen atoms in total. The fourth-order valence-corrected chi connectivity index (χ4v) is 1.46. The molecule has 0 atom stereocenters. The molecule has 1 aromatic carbocycles. The summed E-state index contributed by atoms with van der Waals surface area (Å²) in [6, 6.07) is 7.85. The molecule has 2 N–H and O–H groups in total. The van der Waals surface area contributed by atoms with Crippen LogP contribution in [0.25, 0.3) is 0 Å². The predicted molar refractivity (Wildman–Crippen MR) is 66.7 cm³/mol. The van der Waals surface area contributed by atoms with Gasteiger partial charge in [0.25, 0.3) is 0 Å². The normalized spacial score (nSPS) is 10.1. The van der Waals surface area contributed by atoms with Crippen LogP contribution in [0, 0.1) is 0 Å². The van der Waals surface area contributed by atoms with Gasteiger partial charge in [0, 0.05) is 25.0 Å². The summed E-state index contributed by atoms with van der Waals surface area (Å²) in [6.07, 6.45) is 0.969. The number of halogens is 1. The molecule has 4 heteroatoms. The third kappa shape index (κ3) is 5.73. The van der Waals surface area contributed by atoms with Crippen molar-refractivity contribution in [1.29, 1.82) is 0 Å². The van der Waals surface area contributed by atoms with Gasteiger partial charge in [0.1, 0.15) is 0 Å². The fraction of sp³-hybridized carbons (Fsp3) is 0.417. The van der Waals surface area contributed by atoms with E-state index in [2.05, 4.69) is 10.6 Å². The molecule has 16 heavy (non-hydrogen) atoms. The van der Waals surface area contributed by atoms with Gasteiger partial charge >= 0.3 is 0 Å². The zero-order chi connectivity index (χ0) is 11.8. The molecule has 88 valence electrons. The maximum absolute atomic E-state index is 10.6. The average Bonchev–Trinajstić information content (AvgIpc) is 2.25. The molecule has 0 unspecified atom stereocenters. The van der Waals surface area contributed by atoms with Crippen molar-refractivity contribution >= 4 is 17.5 Å². The summed E-state index contributed by atoms with van der Waals surface area (Å²) >= 11 is 5.79. The highest BCUT2D eigenvalue weighted by Gasteiger charge is 1.94. The number of amides is 1. The van der Waals surface area contributed by atoms with Crippen molar-refractivity contribution in [2.45, 2.75) is 13.3 Å². The Morgan fingerprint density at radius 1 is 1.19 bits per heavy atom. The van der Waals surface area contributed by atoms with Crippen LogP contribution >= 0.6 is 11.6 Å². The predicted octanol–water partition coefficient (Wildman–Crippen LogP) is 1.61. The van der Waals surface area contributed by atoms with Gasteiger partial charge < -0.3 is 10.6 Å². The van der Waals surface area contributed by atoms with Gasteiger partial charge in [-0.15, -0.1) is 0 Å². The summed E-state index contributed by atoms with van der Waals surface area (Å²) in [5.74, 6) is 0.0134. The van der Waals surface area contributed by atoms with Crippen molar-refractivity contribution in [1.82, 2.24) is 10.6 Å². The minimum atomic E-state index is 0.0134. The quantitative estimate of drug-likeness (QED) is 0.742. The van der Waals surface area contributed by atoms with E-state index in [9.17, 15) is 4.79 Å². The average molecular weight is 241 g/mol. The largest absolute Gasteiger partial charge is 0.355 e. The second kappa shape index (κ2) is 7.25. The van der Waals surface area contributed by atoms with E-state index in [-0.39, 0.29) is 5.91 Å². The molecule has 0 aromatic heterocycles. The third-order valence-corrected chi connectivity index (χ3v) is 2.43. The van der Waals surface area contributed by atoms with Crippen molar-refractivity contribution in [2.24, 2.45) is 0 Å². The van der Waals surface area contributed by atoms with E-state index in [4.69, 9.17) is 11.6 Å². The van der Waals surface area contributed by atoms with Crippen LogP contribution in [-0.2, 0) is 11.2 Å². The highest BCUT2D eigenvalue weighted by Crippen LogP contribution is 2.09. The van der Waals surface area contributed by atoms with Gasteiger partial charge in [-0.3, -0.25) is 4.79 Å². The monoisotopic (exact) mass is 240 g/mol. The molecule has 0 saturated heterocycles. The first-order valence-electron chi connectivity index (χ1n) is 5.38. The first-order chi connectivity index (χ1) is 7.68. The van der Waals surface area contributed by atoms with Crippen LogP contribution in [-0.4, -0.2) is 25.5 Å². The van der Waals surface area contributed by atoms with E-state index in [1.807, 2.05) is 24.3 Å². The molecular formula is C12H17ClN2O. The number of benzene rings is 1. The van der Waals surface area contributed by atoms with E-state index in [0.717, 1.165) is 24.5 Å². The number of rotatable bonds is 6. The lowest BCUT2D eigenvalue weighted by Gasteiger charge is -2.05. The van der Waals surface area contributed by atoms with Crippen molar-refractivity contribution in [3.63, 3.8) is 0 Å². The molecule has 1 amide bonds. The molecule has 0 fully saturated rings. The molecule has 0 aliphatic heterocycles. The van der Waals surface area contributed by atoms with E-state index < -0.39 is 0 Å². The molecular weight excluding hydrogens is 224 g/mol. The van der Waals surface area contributed by atoms with Crippen LogP contribution in [0.1, 0.15) is 12.5 Å². The Morgan fingerprint density at radius 2 is 1.88 bits per heavy atom. The number of carbonyl (C=O) groups excluding carboxylic acids is 1. The van der Waals surface area contributed by atoms with Crippen molar-refractivity contribution in [3.05, 3.63) is 34.9 Å². The van der Waals surface area contributed by atoms with Crippen LogP contribution in [0.4, 0.5) is 0 Å². The Bertz CT molecular complexity index is 324. The molecule has 0 spiro atoms. The molecule has 0 bridgehead atoms. The fourth-order valence-electron chi connectivity index (χ4n) is 1.34. The molecule has 0 heterocycles. The molecule has 0 aliphatic rings. The van der Waals surface area contributed by atoms with Gasteiger partial charge in [0.15, 0.2) is 0 Å². The van der Waals surface area contributed by atoms with Gasteiger partial charge in [-0.2, -0.15) is 0 Å². The summed E-state index contributed by atoms with van der Waals surface area (Å²) in [7, 11) is 0. The number of hydrogen-bond acceptors (Lipinski definition) is 2. The molecule has 1 rings (SSSR count). The zero-order valence-electron chi connectivity index (χ0n) is 9.42. The van der Waals surface area contributed by atoms with E-state index in [1.54, 1.807) is 0 Å². The number of carbonyl (C=O) groups is 1. The van der Waals surface area contributed by atoms with E-state index in [0.29, 0.717) is 6.54 Å². The van der Waals surface area contributed by atoms with E-state index in [1.165, 1.54) is 12.5 Å². The second-order valence-electron chi connectivity index (χ2n) is 3.61. The minimum absolute atomic E-state index is 0.0134. The lowest BCUT2D eigenvalue weighted by Crippen LogP contribution is -2.31. The third-order valence-electron chi connectivity index (χ3n) is 2.18. The Morgan fingerprint density at radius 3 is 2.50 bits per heavy atom. The summed E-state index contributed by atoms with van der Waals surface area (Å²) in [5.41, 5.74) is 1.26. The maximum Gasteiger partial charge on any atom is 0.216 e. The molecule has 0 saturated carbocycles. The topological polar surface area (TPSA) is 41.1 Å². The summed E-state index contributed by atoms with van der Waals surface area (Å²) in [5, 5.41) is 6.75. The first-order valence-corrected chi connectivity index (χ1v) is 5.76. The van der Waals surface area contributed by atoms with Gasteiger partial charge in [0.05, 0.1) is 0 Å². The Labute approximate surface area is 101 Å². The summed E-state index contributed by atoms with van der Waals surface area (Å²) < 4.78 is 0. The van der Waals surface area contributed by atoms with Crippen molar-refractivity contribution in [2.75, 3.05) is 19.6 Å². The zero-order valence-corrected chi connectivity index (χ0v) is 10.2. The van der Waals surface area contributed by atoms with Crippen LogP contribution in [0.3, 0.4) is 0 Å². The Hall–Kier alpha value is -1.06. The lowest BCUT2D eigenvalue weighted by atomic mass is 10.1. The van der Waals surface area contributed by atoms with Gasteiger partial charge in [0.2, 0.25) is 5.91 Å². The lowest BCUT2D eigenvalue weighted by molar-refractivity contribution is -0.118. The molecule has 1 aromatic rings. The highest BCUT2D eigenvalue weighted by molar-refractivity contribution is 6.30. The second-order valence-corrected chi connectivity index (χ2v) is 4.05. The smallest absolute Gasteiger partial charge is 0.216 e. The summed E-state index contributed by atoms with van der Waals surface area (Å²) in [6.45, 7) is 3.90. The SMILES string of the molecule is CC(=O)NCCNCCc1ccc(Cl)cc1. The van der Waals surface area contributed by atoms with Crippen molar-refractivity contribution < 1.29 is 4.79 Å². The van der Waals surface area contributed by atoms with Gasteiger partial charge in [-0.25, -0.2) is 0 Å². The van der Waals surface area contributed by atoms with Crippen LogP contribution < -0.4 is 10.6 Å². The highest BCUT2D eigenvalue weighted by atomic mass is 35.5. The van der Waals surface area contributed by atoms with E-state index >= 15 is 0 Å². The first kappa shape index (κ1) is 13.0. The summed E-state index contributed by atoms with van der Waals surface area (Å²) in [4.78, 5) is 10.6. The van der Waals surface area contributed by atoms with Gasteiger partial charge in [-0.1, -0.05) is 23.7 Å². The molecule has 0 aliphatic carbocycles. The number of hydrogen-bond donors (Lipinski definition) is 2. The van der Waals surface area contributed by atoms with Crippen molar-refractivity contribution in [3.8, 4) is 0 Å². The maximum atomic E-state index is 10.6. The van der Waals surface area contributed by atoms with Crippen LogP contribution in [0.15, 0.2) is 24.3 Å². The van der Waals surface area contributed by atoms with Crippen LogP contribution in [0.5, 0.6) is 0 Å². The molecule has 0 radical (unpaired) electrons. The number of nitrogens with one attached hydrogen (secondary N) is 2. The van der Waals surface area contributed by atoms with Crippen LogP contribution in [0.2, 0.25) is 5.02 Å². The van der Waals surface area contributed by atoms with Gasteiger partial charge in [-0.05, 0) is 30.7 Å².